The van der Waals surface area contributed by atoms with Crippen LogP contribution in [0.1, 0.15) is 34.2 Å². The number of fused-ring (bicyclic) bond motifs is 1. The second-order valence-electron chi connectivity index (χ2n) is 7.71. The van der Waals surface area contributed by atoms with Crippen molar-refractivity contribution in [1.82, 2.24) is 0 Å². The summed E-state index contributed by atoms with van der Waals surface area (Å²) >= 11 is 0. The van der Waals surface area contributed by atoms with Gasteiger partial charge in [-0.05, 0) is 88.6 Å². The molecule has 0 aromatic heterocycles. The molecule has 0 unspecified atom stereocenters. The van der Waals surface area contributed by atoms with Crippen molar-refractivity contribution in [3.8, 4) is 11.5 Å². The Balaban J connectivity index is 1.83. The molecule has 1 aliphatic carbocycles. The highest BCUT2D eigenvalue weighted by Gasteiger charge is 2.25. The van der Waals surface area contributed by atoms with E-state index in [2.05, 4.69) is 13.2 Å². The van der Waals surface area contributed by atoms with Crippen LogP contribution in [0.2, 0.25) is 0 Å². The molecule has 2 N–H and O–H groups in total. The average molecular weight is 398 g/mol. The first kappa shape index (κ1) is 19.7. The van der Waals surface area contributed by atoms with E-state index in [1.165, 1.54) is 12.1 Å². The first-order chi connectivity index (χ1) is 14.3. The Labute approximate surface area is 176 Å². The van der Waals surface area contributed by atoms with Crippen molar-refractivity contribution in [2.45, 2.75) is 19.8 Å². The second-order valence-corrected chi connectivity index (χ2v) is 7.71. The van der Waals surface area contributed by atoms with E-state index in [0.29, 0.717) is 12.8 Å². The molecular formula is C27H23FO2. The maximum absolute atomic E-state index is 13.3. The van der Waals surface area contributed by atoms with Crippen molar-refractivity contribution >= 4 is 16.7 Å². The smallest absolute Gasteiger partial charge is 0.123 e. The van der Waals surface area contributed by atoms with Crippen LogP contribution in [0.15, 0.2) is 79.4 Å². The molecule has 2 nitrogen and oxygen atoms in total. The summed E-state index contributed by atoms with van der Waals surface area (Å²) in [5, 5.41) is 20.7. The predicted octanol–water partition coefficient (Wildman–Crippen LogP) is 6.67. The quantitative estimate of drug-likeness (QED) is 0.515. The number of phenolic OH excluding ortho intramolecular Hbond substituents is 2. The van der Waals surface area contributed by atoms with Gasteiger partial charge in [-0.15, -0.1) is 0 Å². The molecule has 3 aromatic carbocycles. The van der Waals surface area contributed by atoms with Crippen LogP contribution in [0.3, 0.4) is 0 Å². The van der Waals surface area contributed by atoms with Gasteiger partial charge >= 0.3 is 0 Å². The molecule has 0 saturated carbocycles. The summed E-state index contributed by atoms with van der Waals surface area (Å²) < 4.78 is 13.3. The van der Waals surface area contributed by atoms with E-state index in [1.54, 1.807) is 24.3 Å². The van der Waals surface area contributed by atoms with E-state index in [4.69, 9.17) is 0 Å². The van der Waals surface area contributed by atoms with Gasteiger partial charge in [0.1, 0.15) is 17.3 Å². The standard InChI is InChI=1S/C27H23FO2/c1-16-7-8-20(15-26(16)30)24-14-21-5-4-6-25(29)27(21)18(3)23(24)13-17(2)19-9-11-22(28)12-10-19/h4-12,15,29-30H,2-3,13-14H2,1H3. The zero-order valence-electron chi connectivity index (χ0n) is 16.9. The molecule has 0 fully saturated rings. The van der Waals surface area contributed by atoms with Crippen LogP contribution in [0.5, 0.6) is 11.5 Å². The van der Waals surface area contributed by atoms with E-state index < -0.39 is 0 Å². The third-order valence-electron chi connectivity index (χ3n) is 5.73. The molecule has 0 aliphatic heterocycles. The number of allylic oxidation sites excluding steroid dienone is 4. The summed E-state index contributed by atoms with van der Waals surface area (Å²) in [4.78, 5) is 0. The van der Waals surface area contributed by atoms with Gasteiger partial charge in [0.25, 0.3) is 0 Å². The first-order valence-corrected chi connectivity index (χ1v) is 9.81. The van der Waals surface area contributed by atoms with Crippen molar-refractivity contribution < 1.29 is 14.6 Å². The molecule has 1 aliphatic rings. The Kier molecular flexibility index (Phi) is 5.04. The number of rotatable bonds is 4. The molecule has 0 radical (unpaired) electrons. The van der Waals surface area contributed by atoms with Gasteiger partial charge in [0, 0.05) is 5.56 Å². The fourth-order valence-electron chi connectivity index (χ4n) is 4.00. The number of aromatic hydroxyl groups is 2. The molecular weight excluding hydrogens is 375 g/mol. The summed E-state index contributed by atoms with van der Waals surface area (Å²) in [6, 6.07) is 17.4. The zero-order chi connectivity index (χ0) is 21.4. The predicted molar refractivity (Wildman–Crippen MR) is 121 cm³/mol. The number of hydrogen-bond acceptors (Lipinski definition) is 2. The highest BCUT2D eigenvalue weighted by molar-refractivity contribution is 5.97. The van der Waals surface area contributed by atoms with Gasteiger partial charge in [0.05, 0.1) is 0 Å². The number of phenols is 2. The van der Waals surface area contributed by atoms with Gasteiger partial charge in [-0.1, -0.05) is 49.6 Å². The highest BCUT2D eigenvalue weighted by Crippen LogP contribution is 2.45. The lowest BCUT2D eigenvalue weighted by Gasteiger charge is -2.27. The van der Waals surface area contributed by atoms with Crippen molar-refractivity contribution in [2.24, 2.45) is 0 Å². The minimum absolute atomic E-state index is 0.202. The van der Waals surface area contributed by atoms with Gasteiger partial charge in [0.2, 0.25) is 0 Å². The number of aryl methyl sites for hydroxylation is 1. The van der Waals surface area contributed by atoms with Gasteiger partial charge in [0.15, 0.2) is 0 Å². The van der Waals surface area contributed by atoms with E-state index in [1.807, 2.05) is 31.2 Å². The fraction of sp³-hybridized carbons (Fsp3) is 0.111. The van der Waals surface area contributed by atoms with E-state index in [-0.39, 0.29) is 17.3 Å². The molecule has 150 valence electrons. The molecule has 3 heteroatoms. The molecule has 0 saturated heterocycles. The lowest BCUT2D eigenvalue weighted by atomic mass is 9.77. The summed E-state index contributed by atoms with van der Waals surface area (Å²) in [5.41, 5.74) is 7.89. The van der Waals surface area contributed by atoms with E-state index in [0.717, 1.165) is 50.1 Å². The summed E-state index contributed by atoms with van der Waals surface area (Å²) in [6.07, 6.45) is 1.11. The van der Waals surface area contributed by atoms with Crippen molar-refractivity contribution in [3.63, 3.8) is 0 Å². The van der Waals surface area contributed by atoms with Crippen LogP contribution < -0.4 is 0 Å². The first-order valence-electron chi connectivity index (χ1n) is 9.81. The van der Waals surface area contributed by atoms with Crippen LogP contribution >= 0.6 is 0 Å². The molecule has 30 heavy (non-hydrogen) atoms. The Hall–Kier alpha value is -3.59. The SMILES string of the molecule is C=C(CC1=C(c2ccc(C)c(O)c2)Cc2cccc(O)c2C1=C)c1ccc(F)cc1. The molecule has 0 atom stereocenters. The van der Waals surface area contributed by atoms with Crippen LogP contribution in [0.25, 0.3) is 16.7 Å². The largest absolute Gasteiger partial charge is 0.508 e. The van der Waals surface area contributed by atoms with E-state index >= 15 is 0 Å². The number of halogens is 1. The molecule has 3 aromatic rings. The Bertz CT molecular complexity index is 1200. The number of hydrogen-bond donors (Lipinski definition) is 2. The van der Waals surface area contributed by atoms with Gasteiger partial charge < -0.3 is 10.2 Å². The maximum Gasteiger partial charge on any atom is 0.123 e. The lowest BCUT2D eigenvalue weighted by molar-refractivity contribution is 0.470. The Morgan fingerprint density at radius 3 is 2.43 bits per heavy atom. The summed E-state index contributed by atoms with van der Waals surface area (Å²) in [7, 11) is 0. The Morgan fingerprint density at radius 1 is 1.00 bits per heavy atom. The molecule has 4 rings (SSSR count). The highest BCUT2D eigenvalue weighted by atomic mass is 19.1. The van der Waals surface area contributed by atoms with Crippen LogP contribution in [0, 0.1) is 12.7 Å². The molecule has 0 spiro atoms. The summed E-state index contributed by atoms with van der Waals surface area (Å²) in [6.45, 7) is 10.4. The topological polar surface area (TPSA) is 40.5 Å². The second kappa shape index (κ2) is 7.68. The van der Waals surface area contributed by atoms with Crippen LogP contribution in [-0.4, -0.2) is 10.2 Å². The molecule has 0 bridgehead atoms. The average Bonchev–Trinajstić information content (AvgIpc) is 2.72. The monoisotopic (exact) mass is 398 g/mol. The number of benzene rings is 3. The van der Waals surface area contributed by atoms with Crippen molar-refractivity contribution in [1.29, 1.82) is 0 Å². The third kappa shape index (κ3) is 3.55. The Morgan fingerprint density at radius 2 is 1.73 bits per heavy atom. The van der Waals surface area contributed by atoms with Crippen molar-refractivity contribution in [3.05, 3.63) is 113 Å². The maximum atomic E-state index is 13.3. The lowest BCUT2D eigenvalue weighted by Crippen LogP contribution is -2.08. The zero-order valence-corrected chi connectivity index (χ0v) is 16.9. The minimum atomic E-state index is -0.289. The summed E-state index contributed by atoms with van der Waals surface area (Å²) in [5.74, 6) is 0.153. The van der Waals surface area contributed by atoms with Crippen LogP contribution in [0.4, 0.5) is 4.39 Å². The third-order valence-corrected chi connectivity index (χ3v) is 5.73. The van der Waals surface area contributed by atoms with Gasteiger partial charge in [-0.2, -0.15) is 0 Å². The normalized spacial score (nSPS) is 13.3. The van der Waals surface area contributed by atoms with Crippen LogP contribution in [-0.2, 0) is 6.42 Å². The molecule has 0 amide bonds. The van der Waals surface area contributed by atoms with Gasteiger partial charge in [-0.3, -0.25) is 0 Å². The molecule has 0 heterocycles. The van der Waals surface area contributed by atoms with Gasteiger partial charge in [-0.25, -0.2) is 4.39 Å². The fourth-order valence-corrected chi connectivity index (χ4v) is 4.00. The van der Waals surface area contributed by atoms with E-state index in [9.17, 15) is 14.6 Å². The minimum Gasteiger partial charge on any atom is -0.508 e. The van der Waals surface area contributed by atoms with Crippen molar-refractivity contribution in [2.75, 3.05) is 0 Å².